The van der Waals surface area contributed by atoms with Crippen LogP contribution in [0.15, 0.2) is 53.4 Å². The molecule has 3 aromatic heterocycles. The highest BCUT2D eigenvalue weighted by Crippen LogP contribution is 2.24. The number of hydrogen-bond donors (Lipinski definition) is 0. The van der Waals surface area contributed by atoms with E-state index in [-0.39, 0.29) is 5.91 Å². The van der Waals surface area contributed by atoms with Crippen molar-refractivity contribution in [2.45, 2.75) is 19.9 Å². The summed E-state index contributed by atoms with van der Waals surface area (Å²) in [6.45, 7) is 3.23. The van der Waals surface area contributed by atoms with Gasteiger partial charge >= 0.3 is 0 Å². The molecule has 0 N–H and O–H groups in total. The van der Waals surface area contributed by atoms with Gasteiger partial charge in [0.05, 0.1) is 11.4 Å². The lowest BCUT2D eigenvalue weighted by Gasteiger charge is -2.28. The summed E-state index contributed by atoms with van der Waals surface area (Å²) in [6, 6.07) is 11.9. The Morgan fingerprint density at radius 1 is 1.15 bits per heavy atom. The molecule has 0 saturated heterocycles. The Hall–Kier alpha value is -2.99. The van der Waals surface area contributed by atoms with E-state index in [0.29, 0.717) is 13.1 Å². The summed E-state index contributed by atoms with van der Waals surface area (Å²) in [6.07, 6.45) is 2.67. The highest BCUT2D eigenvalue weighted by atomic mass is 32.1. The Bertz CT molecular complexity index is 1130. The fourth-order valence-corrected chi connectivity index (χ4v) is 4.31. The minimum Gasteiger partial charge on any atom is -0.334 e. The van der Waals surface area contributed by atoms with Crippen LogP contribution in [-0.2, 0) is 13.0 Å². The third kappa shape index (κ3) is 2.82. The summed E-state index contributed by atoms with van der Waals surface area (Å²) in [4.78, 5) is 19.3. The van der Waals surface area contributed by atoms with Crippen molar-refractivity contribution in [2.24, 2.45) is 0 Å². The lowest BCUT2D eigenvalue weighted by molar-refractivity contribution is 0.0732. The molecule has 6 heteroatoms. The Morgan fingerprint density at radius 2 is 2.00 bits per heavy atom. The quantitative estimate of drug-likeness (QED) is 0.534. The SMILES string of the molecule is Cc1cc2ncc3c(n2n1)CCN(C(=O)c1ccc(-c2ccsc2)cc1)C3. The van der Waals surface area contributed by atoms with Gasteiger partial charge in [-0.2, -0.15) is 16.4 Å². The van der Waals surface area contributed by atoms with Crippen molar-refractivity contribution in [1.29, 1.82) is 0 Å². The summed E-state index contributed by atoms with van der Waals surface area (Å²) in [7, 11) is 0. The molecule has 0 bridgehead atoms. The molecule has 4 heterocycles. The number of rotatable bonds is 2. The van der Waals surface area contributed by atoms with Crippen LogP contribution >= 0.6 is 11.3 Å². The topological polar surface area (TPSA) is 50.5 Å². The second-order valence-electron chi connectivity index (χ2n) is 6.85. The van der Waals surface area contributed by atoms with Gasteiger partial charge in [-0.15, -0.1) is 0 Å². The van der Waals surface area contributed by atoms with Crippen LogP contribution in [0.5, 0.6) is 0 Å². The summed E-state index contributed by atoms with van der Waals surface area (Å²) in [5, 5.41) is 8.72. The number of aromatic nitrogens is 3. The van der Waals surface area contributed by atoms with Crippen LogP contribution < -0.4 is 0 Å². The molecule has 4 aromatic rings. The molecule has 0 fully saturated rings. The molecule has 0 radical (unpaired) electrons. The van der Waals surface area contributed by atoms with E-state index >= 15 is 0 Å². The molecule has 134 valence electrons. The van der Waals surface area contributed by atoms with Gasteiger partial charge in [-0.3, -0.25) is 4.79 Å². The maximum Gasteiger partial charge on any atom is 0.254 e. The van der Waals surface area contributed by atoms with Gasteiger partial charge in [-0.05, 0) is 47.0 Å². The van der Waals surface area contributed by atoms with E-state index < -0.39 is 0 Å². The molecule has 5 nitrogen and oxygen atoms in total. The van der Waals surface area contributed by atoms with Crippen molar-refractivity contribution in [3.8, 4) is 11.1 Å². The minimum absolute atomic E-state index is 0.0641. The predicted octanol–water partition coefficient (Wildman–Crippen LogP) is 3.96. The van der Waals surface area contributed by atoms with Gasteiger partial charge in [-0.1, -0.05) is 12.1 Å². The van der Waals surface area contributed by atoms with Gasteiger partial charge in [-0.25, -0.2) is 9.50 Å². The van der Waals surface area contributed by atoms with Gasteiger partial charge in [0.2, 0.25) is 0 Å². The zero-order valence-corrected chi connectivity index (χ0v) is 15.7. The molecule has 27 heavy (non-hydrogen) atoms. The molecule has 1 aliphatic heterocycles. The molecule has 0 spiro atoms. The zero-order valence-electron chi connectivity index (χ0n) is 14.9. The average Bonchev–Trinajstić information content (AvgIpc) is 3.36. The molecule has 1 amide bonds. The van der Waals surface area contributed by atoms with Crippen molar-refractivity contribution < 1.29 is 4.79 Å². The first kappa shape index (κ1) is 16.2. The molecule has 0 unspecified atom stereocenters. The Balaban J connectivity index is 1.39. The second kappa shape index (κ2) is 6.32. The zero-order chi connectivity index (χ0) is 18.4. The number of hydrogen-bond acceptors (Lipinski definition) is 4. The van der Waals surface area contributed by atoms with E-state index in [1.807, 2.05) is 52.9 Å². The minimum atomic E-state index is 0.0641. The van der Waals surface area contributed by atoms with E-state index in [2.05, 4.69) is 26.9 Å². The Kier molecular flexibility index (Phi) is 3.79. The van der Waals surface area contributed by atoms with Crippen LogP contribution in [0.1, 0.15) is 27.3 Å². The van der Waals surface area contributed by atoms with Crippen LogP contribution in [0, 0.1) is 6.92 Å². The number of carbonyl (C=O) groups excluding carboxylic acids is 1. The number of aryl methyl sites for hydroxylation is 1. The van der Waals surface area contributed by atoms with E-state index in [0.717, 1.165) is 40.1 Å². The molecule has 0 atom stereocenters. The first-order chi connectivity index (χ1) is 13.2. The standard InChI is InChI=1S/C21H18N4OS/c1-14-10-20-22-11-18-12-24(8-6-19(18)25(20)23-14)21(26)16-4-2-15(3-5-16)17-7-9-27-13-17/h2-5,7,9-11,13H,6,8,12H2,1H3. The lowest BCUT2D eigenvalue weighted by Crippen LogP contribution is -2.37. The van der Waals surface area contributed by atoms with Crippen LogP contribution in [0.3, 0.4) is 0 Å². The first-order valence-corrected chi connectivity index (χ1v) is 9.88. The maximum absolute atomic E-state index is 13.0. The lowest BCUT2D eigenvalue weighted by atomic mass is 10.0. The van der Waals surface area contributed by atoms with Crippen molar-refractivity contribution in [2.75, 3.05) is 6.54 Å². The highest BCUT2D eigenvalue weighted by Gasteiger charge is 2.24. The molecular formula is C21H18N4OS. The van der Waals surface area contributed by atoms with Crippen molar-refractivity contribution in [3.05, 3.63) is 75.9 Å². The van der Waals surface area contributed by atoms with Crippen LogP contribution in [0.25, 0.3) is 16.8 Å². The van der Waals surface area contributed by atoms with Gasteiger partial charge < -0.3 is 4.90 Å². The highest BCUT2D eigenvalue weighted by molar-refractivity contribution is 7.08. The fourth-order valence-electron chi connectivity index (χ4n) is 3.64. The third-order valence-corrected chi connectivity index (χ3v) is 5.73. The molecule has 5 rings (SSSR count). The number of carbonyl (C=O) groups is 1. The molecule has 0 aliphatic carbocycles. The van der Waals surface area contributed by atoms with Gasteiger partial charge in [0.15, 0.2) is 5.65 Å². The van der Waals surface area contributed by atoms with Crippen molar-refractivity contribution in [3.63, 3.8) is 0 Å². The molecular weight excluding hydrogens is 356 g/mol. The first-order valence-electron chi connectivity index (χ1n) is 8.94. The largest absolute Gasteiger partial charge is 0.334 e. The third-order valence-electron chi connectivity index (χ3n) is 5.05. The number of thiophene rings is 1. The van der Waals surface area contributed by atoms with E-state index in [1.54, 1.807) is 11.3 Å². The van der Waals surface area contributed by atoms with Crippen LogP contribution in [0.4, 0.5) is 0 Å². The predicted molar refractivity (Wildman–Crippen MR) is 106 cm³/mol. The van der Waals surface area contributed by atoms with Crippen molar-refractivity contribution in [1.82, 2.24) is 19.5 Å². The van der Waals surface area contributed by atoms with Gasteiger partial charge in [0, 0.05) is 42.9 Å². The molecule has 1 aliphatic rings. The summed E-state index contributed by atoms with van der Waals surface area (Å²) < 4.78 is 1.92. The number of benzene rings is 1. The van der Waals surface area contributed by atoms with Gasteiger partial charge in [0.1, 0.15) is 0 Å². The van der Waals surface area contributed by atoms with E-state index in [9.17, 15) is 4.79 Å². The summed E-state index contributed by atoms with van der Waals surface area (Å²) in [5.41, 5.74) is 7.11. The monoisotopic (exact) mass is 374 g/mol. The Labute approximate surface area is 160 Å². The van der Waals surface area contributed by atoms with E-state index in [4.69, 9.17) is 0 Å². The summed E-state index contributed by atoms with van der Waals surface area (Å²) >= 11 is 1.68. The molecule has 1 aromatic carbocycles. The maximum atomic E-state index is 13.0. The second-order valence-corrected chi connectivity index (χ2v) is 7.63. The van der Waals surface area contributed by atoms with Crippen LogP contribution in [0.2, 0.25) is 0 Å². The normalized spacial score (nSPS) is 13.7. The fraction of sp³-hybridized carbons (Fsp3) is 0.190. The van der Waals surface area contributed by atoms with Crippen LogP contribution in [-0.4, -0.2) is 31.9 Å². The van der Waals surface area contributed by atoms with E-state index in [1.165, 1.54) is 5.56 Å². The number of nitrogens with zero attached hydrogens (tertiary/aromatic N) is 4. The number of fused-ring (bicyclic) bond motifs is 3. The van der Waals surface area contributed by atoms with Gasteiger partial charge in [0.25, 0.3) is 5.91 Å². The molecule has 0 saturated carbocycles. The smallest absolute Gasteiger partial charge is 0.254 e. The summed E-state index contributed by atoms with van der Waals surface area (Å²) in [5.74, 6) is 0.0641. The Morgan fingerprint density at radius 3 is 2.78 bits per heavy atom. The number of amides is 1. The average molecular weight is 374 g/mol. The van der Waals surface area contributed by atoms with Crippen molar-refractivity contribution >= 4 is 22.9 Å².